The van der Waals surface area contributed by atoms with E-state index in [9.17, 15) is 9.59 Å². The van der Waals surface area contributed by atoms with E-state index in [2.05, 4.69) is 0 Å². The minimum Gasteiger partial charge on any atom is -0.481 e. The Morgan fingerprint density at radius 3 is 2.62 bits per heavy atom. The van der Waals surface area contributed by atoms with Crippen LogP contribution in [0.3, 0.4) is 0 Å². The summed E-state index contributed by atoms with van der Waals surface area (Å²) in [6.07, 6.45) is 1.56. The zero-order valence-electron chi connectivity index (χ0n) is 9.11. The van der Waals surface area contributed by atoms with Crippen LogP contribution >= 0.6 is 11.6 Å². The average molecular weight is 245 g/mol. The lowest BCUT2D eigenvalue weighted by molar-refractivity contribution is -0.137. The second-order valence-corrected chi connectivity index (χ2v) is 3.96. The average Bonchev–Trinajstić information content (AvgIpc) is 2.53. The van der Waals surface area contributed by atoms with Gasteiger partial charge in [0.25, 0.3) is 5.91 Å². The van der Waals surface area contributed by atoms with Crippen LogP contribution in [-0.2, 0) is 11.8 Å². The second-order valence-electron chi connectivity index (χ2n) is 3.52. The zero-order valence-corrected chi connectivity index (χ0v) is 9.86. The molecule has 0 aliphatic rings. The molecule has 1 amide bonds. The van der Waals surface area contributed by atoms with Gasteiger partial charge in [-0.15, -0.1) is 0 Å². The quantitative estimate of drug-likeness (QED) is 0.866. The Hall–Kier alpha value is -1.49. The highest BCUT2D eigenvalue weighted by Gasteiger charge is 2.16. The maximum atomic E-state index is 11.8. The fraction of sp³-hybridized carbons (Fsp3) is 0.400. The number of hydrogen-bond donors (Lipinski definition) is 1. The molecule has 1 aromatic rings. The van der Waals surface area contributed by atoms with Gasteiger partial charge in [0.15, 0.2) is 0 Å². The van der Waals surface area contributed by atoms with Gasteiger partial charge >= 0.3 is 5.97 Å². The molecule has 0 aliphatic carbocycles. The first-order chi connectivity index (χ1) is 7.41. The molecule has 16 heavy (non-hydrogen) atoms. The molecule has 0 spiro atoms. The van der Waals surface area contributed by atoms with Crippen LogP contribution in [0.1, 0.15) is 16.9 Å². The van der Waals surface area contributed by atoms with Gasteiger partial charge in [-0.05, 0) is 6.07 Å². The van der Waals surface area contributed by atoms with Crippen molar-refractivity contribution in [3.05, 3.63) is 23.0 Å². The fourth-order valence-corrected chi connectivity index (χ4v) is 1.55. The molecule has 1 N–H and O–H groups in total. The Morgan fingerprint density at radius 1 is 1.56 bits per heavy atom. The third kappa shape index (κ3) is 3.00. The molecule has 0 aromatic carbocycles. The number of hydrogen-bond acceptors (Lipinski definition) is 2. The highest BCUT2D eigenvalue weighted by Crippen LogP contribution is 2.14. The van der Waals surface area contributed by atoms with Crippen molar-refractivity contribution in [2.45, 2.75) is 6.42 Å². The van der Waals surface area contributed by atoms with Gasteiger partial charge in [0.05, 0.1) is 11.4 Å². The lowest BCUT2D eigenvalue weighted by atomic mass is 10.3. The van der Waals surface area contributed by atoms with Crippen molar-refractivity contribution >= 4 is 23.5 Å². The summed E-state index contributed by atoms with van der Waals surface area (Å²) in [5.41, 5.74) is 0.442. The summed E-state index contributed by atoms with van der Waals surface area (Å²) in [7, 11) is 3.27. The predicted molar refractivity (Wildman–Crippen MR) is 59.6 cm³/mol. The standard InChI is InChI=1S/C10H13ClN2O3/c1-12(4-3-9(14)15)10(16)8-5-7(11)6-13(8)2/h5-6H,3-4H2,1-2H3,(H,14,15). The minimum atomic E-state index is -0.926. The zero-order chi connectivity index (χ0) is 12.3. The number of carbonyl (C=O) groups excluding carboxylic acids is 1. The first-order valence-corrected chi connectivity index (χ1v) is 5.08. The van der Waals surface area contributed by atoms with Gasteiger partial charge in [-0.25, -0.2) is 0 Å². The summed E-state index contributed by atoms with van der Waals surface area (Å²) in [6, 6.07) is 1.56. The van der Waals surface area contributed by atoms with Crippen molar-refractivity contribution in [1.82, 2.24) is 9.47 Å². The van der Waals surface area contributed by atoms with E-state index < -0.39 is 5.97 Å². The van der Waals surface area contributed by atoms with Crippen LogP contribution in [0.25, 0.3) is 0 Å². The number of amides is 1. The van der Waals surface area contributed by atoms with Gasteiger partial charge in [-0.2, -0.15) is 0 Å². The minimum absolute atomic E-state index is 0.0691. The highest BCUT2D eigenvalue weighted by atomic mass is 35.5. The molecule has 0 unspecified atom stereocenters. The summed E-state index contributed by atoms with van der Waals surface area (Å²) >= 11 is 5.76. The summed E-state index contributed by atoms with van der Waals surface area (Å²) in [6.45, 7) is 0.178. The Labute approximate surface area is 98.2 Å². The van der Waals surface area contributed by atoms with Crippen LogP contribution < -0.4 is 0 Å². The van der Waals surface area contributed by atoms with Crippen LogP contribution in [0.15, 0.2) is 12.3 Å². The summed E-state index contributed by atoms with van der Waals surface area (Å²) in [5.74, 6) is -1.17. The van der Waals surface area contributed by atoms with Crippen molar-refractivity contribution < 1.29 is 14.7 Å². The van der Waals surface area contributed by atoms with Crippen LogP contribution in [0, 0.1) is 0 Å². The van der Waals surface area contributed by atoms with E-state index in [0.29, 0.717) is 10.7 Å². The van der Waals surface area contributed by atoms with Gasteiger partial charge in [0.1, 0.15) is 5.69 Å². The predicted octanol–water partition coefficient (Wildman–Crippen LogP) is 1.23. The SMILES string of the molecule is CN(CCC(=O)O)C(=O)c1cc(Cl)cn1C. The molecule has 1 rings (SSSR count). The van der Waals surface area contributed by atoms with E-state index in [-0.39, 0.29) is 18.9 Å². The van der Waals surface area contributed by atoms with Crippen LogP contribution in [0.5, 0.6) is 0 Å². The van der Waals surface area contributed by atoms with Crippen molar-refractivity contribution in [1.29, 1.82) is 0 Å². The normalized spacial score (nSPS) is 10.2. The summed E-state index contributed by atoms with van der Waals surface area (Å²) in [4.78, 5) is 23.6. The molecular weight excluding hydrogens is 232 g/mol. The van der Waals surface area contributed by atoms with Gasteiger partial charge in [0, 0.05) is 26.8 Å². The van der Waals surface area contributed by atoms with Crippen molar-refractivity contribution in [3.8, 4) is 0 Å². The lowest BCUT2D eigenvalue weighted by Crippen LogP contribution is -2.30. The number of nitrogens with zero attached hydrogens (tertiary/aromatic N) is 2. The smallest absolute Gasteiger partial charge is 0.305 e. The topological polar surface area (TPSA) is 62.5 Å². The molecule has 0 radical (unpaired) electrons. The molecular formula is C10H13ClN2O3. The fourth-order valence-electron chi connectivity index (χ4n) is 1.30. The third-order valence-electron chi connectivity index (χ3n) is 2.20. The van der Waals surface area contributed by atoms with E-state index >= 15 is 0 Å². The monoisotopic (exact) mass is 244 g/mol. The first-order valence-electron chi connectivity index (χ1n) is 4.71. The largest absolute Gasteiger partial charge is 0.481 e. The van der Waals surface area contributed by atoms with Crippen molar-refractivity contribution in [2.24, 2.45) is 7.05 Å². The van der Waals surface area contributed by atoms with Crippen molar-refractivity contribution in [3.63, 3.8) is 0 Å². The summed E-state index contributed by atoms with van der Waals surface area (Å²) in [5, 5.41) is 8.99. The van der Waals surface area contributed by atoms with Gasteiger partial charge in [-0.1, -0.05) is 11.6 Å². The number of carboxylic acid groups (broad SMARTS) is 1. The Bertz CT molecular complexity index is 414. The molecule has 1 aromatic heterocycles. The molecule has 0 saturated heterocycles. The first kappa shape index (κ1) is 12.6. The molecule has 0 fully saturated rings. The van der Waals surface area contributed by atoms with Gasteiger partial charge in [0.2, 0.25) is 0 Å². The summed E-state index contributed by atoms with van der Waals surface area (Å²) < 4.78 is 1.61. The number of carbonyl (C=O) groups is 2. The Balaban J connectivity index is 2.70. The molecule has 1 heterocycles. The van der Waals surface area contributed by atoms with E-state index in [4.69, 9.17) is 16.7 Å². The molecule has 5 nitrogen and oxygen atoms in total. The van der Waals surface area contributed by atoms with E-state index in [1.807, 2.05) is 0 Å². The number of aromatic nitrogens is 1. The van der Waals surface area contributed by atoms with E-state index in [1.165, 1.54) is 4.90 Å². The Morgan fingerprint density at radius 2 is 2.19 bits per heavy atom. The highest BCUT2D eigenvalue weighted by molar-refractivity contribution is 6.31. The number of rotatable bonds is 4. The van der Waals surface area contributed by atoms with Crippen molar-refractivity contribution in [2.75, 3.05) is 13.6 Å². The molecule has 0 saturated carbocycles. The second kappa shape index (κ2) is 5.03. The molecule has 0 aliphatic heterocycles. The van der Waals surface area contributed by atoms with E-state index in [0.717, 1.165) is 0 Å². The van der Waals surface area contributed by atoms with Crippen LogP contribution in [0.4, 0.5) is 0 Å². The third-order valence-corrected chi connectivity index (χ3v) is 2.41. The maximum Gasteiger partial charge on any atom is 0.305 e. The lowest BCUT2D eigenvalue weighted by Gasteiger charge is -2.16. The van der Waals surface area contributed by atoms with E-state index in [1.54, 1.807) is 30.9 Å². The number of aliphatic carboxylic acids is 1. The van der Waals surface area contributed by atoms with Crippen LogP contribution in [0.2, 0.25) is 5.02 Å². The van der Waals surface area contributed by atoms with Gasteiger partial charge in [-0.3, -0.25) is 9.59 Å². The Kier molecular flexibility index (Phi) is 3.95. The molecule has 0 bridgehead atoms. The number of carboxylic acids is 1. The number of halogens is 1. The number of aryl methyl sites for hydroxylation is 1. The molecule has 0 atom stereocenters. The van der Waals surface area contributed by atoms with Gasteiger partial charge < -0.3 is 14.6 Å². The molecule has 88 valence electrons. The molecule has 6 heteroatoms. The van der Waals surface area contributed by atoms with Crippen LogP contribution in [-0.4, -0.2) is 40.0 Å². The maximum absolute atomic E-state index is 11.8.